The van der Waals surface area contributed by atoms with Crippen LogP contribution in [0.4, 0.5) is 0 Å². The first-order valence-corrected chi connectivity index (χ1v) is 11.2. The Kier molecular flexibility index (Phi) is 12.0. The number of aromatic nitrogens is 2. The maximum absolute atomic E-state index is 12.9. The first-order valence-electron chi connectivity index (χ1n) is 11.2. The van der Waals surface area contributed by atoms with Crippen molar-refractivity contribution in [3.05, 3.63) is 18.2 Å². The van der Waals surface area contributed by atoms with Gasteiger partial charge in [0.25, 0.3) is 0 Å². The number of carboxylic acids is 2. The molecule has 0 aliphatic rings. The van der Waals surface area contributed by atoms with E-state index in [9.17, 15) is 39.0 Å². The van der Waals surface area contributed by atoms with Gasteiger partial charge in [0, 0.05) is 24.7 Å². The molecule has 1 rings (SSSR count). The molecule has 0 saturated carbocycles. The normalized spacial score (nSPS) is 15.0. The first kappa shape index (κ1) is 30.0. The zero-order valence-electron chi connectivity index (χ0n) is 20.0. The average Bonchev–Trinajstić information content (AvgIpc) is 3.31. The number of H-pyrrole nitrogens is 1. The molecule has 10 N–H and O–H groups in total. The molecular formula is C21H33N7O8. The smallest absolute Gasteiger partial charge is 0.326 e. The van der Waals surface area contributed by atoms with Crippen molar-refractivity contribution in [2.24, 2.45) is 17.4 Å². The number of carboxylic acid groups (broad SMARTS) is 2. The molecule has 0 spiro atoms. The minimum atomic E-state index is -1.61. The van der Waals surface area contributed by atoms with Crippen molar-refractivity contribution in [1.82, 2.24) is 25.9 Å². The molecule has 36 heavy (non-hydrogen) atoms. The van der Waals surface area contributed by atoms with Crippen LogP contribution < -0.4 is 27.4 Å². The Morgan fingerprint density at radius 2 is 1.64 bits per heavy atom. The van der Waals surface area contributed by atoms with Crippen molar-refractivity contribution in [3.63, 3.8) is 0 Å². The third-order valence-electron chi connectivity index (χ3n) is 5.43. The first-order chi connectivity index (χ1) is 16.8. The Balaban J connectivity index is 3.01. The summed E-state index contributed by atoms with van der Waals surface area (Å²) < 4.78 is 0. The van der Waals surface area contributed by atoms with Crippen molar-refractivity contribution in [1.29, 1.82) is 0 Å². The quantitative estimate of drug-likeness (QED) is 0.117. The van der Waals surface area contributed by atoms with Crippen LogP contribution in [-0.2, 0) is 35.2 Å². The number of rotatable bonds is 16. The SMILES string of the molecule is CCC(C)C(NC(=O)C(CCC(N)=O)NC(=O)C(CC(=O)O)NC(=O)C(N)Cc1cnc[nH]1)C(=O)O. The van der Waals surface area contributed by atoms with Gasteiger partial charge in [-0.1, -0.05) is 20.3 Å². The number of imidazole rings is 1. The fourth-order valence-corrected chi connectivity index (χ4v) is 3.15. The van der Waals surface area contributed by atoms with Gasteiger partial charge in [-0.05, 0) is 12.3 Å². The van der Waals surface area contributed by atoms with Crippen molar-refractivity contribution < 1.29 is 39.0 Å². The second kappa shape index (κ2) is 14.4. The van der Waals surface area contributed by atoms with E-state index >= 15 is 0 Å². The molecule has 15 nitrogen and oxygen atoms in total. The van der Waals surface area contributed by atoms with Gasteiger partial charge in [0.1, 0.15) is 18.1 Å². The van der Waals surface area contributed by atoms with Crippen LogP contribution in [0.3, 0.4) is 0 Å². The molecule has 0 aromatic carbocycles. The summed E-state index contributed by atoms with van der Waals surface area (Å²) in [6.45, 7) is 3.34. The Morgan fingerprint density at radius 1 is 1.03 bits per heavy atom. The van der Waals surface area contributed by atoms with Crippen LogP contribution >= 0.6 is 0 Å². The number of nitrogens with zero attached hydrogens (tertiary/aromatic N) is 1. The molecule has 1 heterocycles. The molecule has 0 radical (unpaired) electrons. The van der Waals surface area contributed by atoms with E-state index in [2.05, 4.69) is 25.9 Å². The number of aliphatic carboxylic acids is 2. The van der Waals surface area contributed by atoms with Gasteiger partial charge in [-0.2, -0.15) is 0 Å². The summed E-state index contributed by atoms with van der Waals surface area (Å²) in [5.41, 5.74) is 11.5. The Hall–Kier alpha value is -4.01. The molecule has 1 aromatic heterocycles. The molecule has 0 bridgehead atoms. The average molecular weight is 512 g/mol. The maximum atomic E-state index is 12.9. The molecule has 1 aromatic rings. The Morgan fingerprint density at radius 3 is 2.14 bits per heavy atom. The minimum Gasteiger partial charge on any atom is -0.481 e. The van der Waals surface area contributed by atoms with Gasteiger partial charge in [-0.3, -0.25) is 24.0 Å². The van der Waals surface area contributed by atoms with E-state index in [4.69, 9.17) is 11.5 Å². The highest BCUT2D eigenvalue weighted by molar-refractivity contribution is 5.95. The zero-order valence-corrected chi connectivity index (χ0v) is 20.0. The summed E-state index contributed by atoms with van der Waals surface area (Å²) in [5, 5.41) is 25.5. The standard InChI is InChI=1S/C21H33N7O8/c1-3-10(2)17(21(35)36)28-19(33)13(4-5-15(23)29)26-20(34)14(7-16(30)31)27-18(32)12(22)6-11-8-24-9-25-11/h8-10,12-14,17H,3-7,22H2,1-2H3,(H2,23,29)(H,24,25)(H,26,34)(H,27,32)(H,28,33)(H,30,31)(H,35,36). The van der Waals surface area contributed by atoms with E-state index in [1.807, 2.05) is 0 Å². The van der Waals surface area contributed by atoms with Gasteiger partial charge in [-0.25, -0.2) is 9.78 Å². The molecule has 5 unspecified atom stereocenters. The van der Waals surface area contributed by atoms with Crippen LogP contribution in [0.25, 0.3) is 0 Å². The highest BCUT2D eigenvalue weighted by Crippen LogP contribution is 2.10. The molecule has 0 aliphatic heterocycles. The zero-order chi connectivity index (χ0) is 27.4. The van der Waals surface area contributed by atoms with Gasteiger partial charge in [0.15, 0.2) is 0 Å². The monoisotopic (exact) mass is 511 g/mol. The molecule has 5 atom stereocenters. The van der Waals surface area contributed by atoms with Gasteiger partial charge in [-0.15, -0.1) is 0 Å². The second-order valence-corrected chi connectivity index (χ2v) is 8.32. The van der Waals surface area contributed by atoms with Gasteiger partial charge in [0.2, 0.25) is 23.6 Å². The molecule has 200 valence electrons. The van der Waals surface area contributed by atoms with E-state index in [-0.39, 0.29) is 19.3 Å². The number of primary amides is 1. The summed E-state index contributed by atoms with van der Waals surface area (Å²) in [5.74, 6) is -6.72. The van der Waals surface area contributed by atoms with E-state index in [0.29, 0.717) is 12.1 Å². The summed E-state index contributed by atoms with van der Waals surface area (Å²) >= 11 is 0. The lowest BCUT2D eigenvalue weighted by Gasteiger charge is -2.26. The number of hydrogen-bond donors (Lipinski definition) is 8. The van der Waals surface area contributed by atoms with E-state index < -0.39 is 72.1 Å². The van der Waals surface area contributed by atoms with Crippen LogP contribution in [0.2, 0.25) is 0 Å². The fourth-order valence-electron chi connectivity index (χ4n) is 3.15. The third-order valence-corrected chi connectivity index (χ3v) is 5.43. The lowest BCUT2D eigenvalue weighted by atomic mass is 9.98. The number of amides is 4. The highest BCUT2D eigenvalue weighted by atomic mass is 16.4. The van der Waals surface area contributed by atoms with Crippen LogP contribution in [0.15, 0.2) is 12.5 Å². The van der Waals surface area contributed by atoms with Gasteiger partial charge >= 0.3 is 11.9 Å². The largest absolute Gasteiger partial charge is 0.481 e. The van der Waals surface area contributed by atoms with Crippen LogP contribution in [0, 0.1) is 5.92 Å². The Bertz CT molecular complexity index is 937. The topological polar surface area (TPSA) is 260 Å². The summed E-state index contributed by atoms with van der Waals surface area (Å²) in [6.07, 6.45) is 1.85. The van der Waals surface area contributed by atoms with Crippen molar-refractivity contribution in [3.8, 4) is 0 Å². The predicted octanol–water partition coefficient (Wildman–Crippen LogP) is -2.40. The van der Waals surface area contributed by atoms with Crippen LogP contribution in [-0.4, -0.2) is 79.9 Å². The second-order valence-electron chi connectivity index (χ2n) is 8.32. The number of nitrogens with two attached hydrogens (primary N) is 2. The van der Waals surface area contributed by atoms with Gasteiger partial charge < -0.3 is 42.6 Å². The predicted molar refractivity (Wildman–Crippen MR) is 124 cm³/mol. The number of nitrogens with one attached hydrogen (secondary N) is 4. The minimum absolute atomic E-state index is 0.0308. The fraction of sp³-hybridized carbons (Fsp3) is 0.571. The van der Waals surface area contributed by atoms with Crippen molar-refractivity contribution in [2.75, 3.05) is 0 Å². The number of aromatic amines is 1. The summed E-state index contributed by atoms with van der Waals surface area (Å²) in [4.78, 5) is 78.8. The Labute approximate surface area is 206 Å². The van der Waals surface area contributed by atoms with Crippen LogP contribution in [0.1, 0.15) is 45.2 Å². The molecule has 0 saturated heterocycles. The number of carbonyl (C=O) groups is 6. The highest BCUT2D eigenvalue weighted by Gasteiger charge is 2.32. The van der Waals surface area contributed by atoms with E-state index in [1.165, 1.54) is 12.5 Å². The summed E-state index contributed by atoms with van der Waals surface area (Å²) in [7, 11) is 0. The van der Waals surface area contributed by atoms with E-state index in [0.717, 1.165) is 0 Å². The van der Waals surface area contributed by atoms with Crippen molar-refractivity contribution in [2.45, 2.75) is 70.1 Å². The molecule has 15 heteroatoms. The molecule has 0 aliphatic carbocycles. The lowest BCUT2D eigenvalue weighted by molar-refractivity contribution is -0.144. The molecule has 4 amide bonds. The summed E-state index contributed by atoms with van der Waals surface area (Å²) in [6, 6.07) is -5.46. The van der Waals surface area contributed by atoms with E-state index in [1.54, 1.807) is 13.8 Å². The van der Waals surface area contributed by atoms with Crippen LogP contribution in [0.5, 0.6) is 0 Å². The van der Waals surface area contributed by atoms with Gasteiger partial charge in [0.05, 0.1) is 18.8 Å². The van der Waals surface area contributed by atoms with Crippen molar-refractivity contribution >= 4 is 35.6 Å². The lowest BCUT2D eigenvalue weighted by Crippen LogP contribution is -2.58. The number of hydrogen-bond acceptors (Lipinski definition) is 8. The molecular weight excluding hydrogens is 478 g/mol. The number of carbonyl (C=O) groups excluding carboxylic acids is 4. The third kappa shape index (κ3) is 10.1. The maximum Gasteiger partial charge on any atom is 0.326 e. The molecule has 0 fully saturated rings.